The number of thiophene rings is 1. The number of anilines is 1. The van der Waals surface area contributed by atoms with E-state index >= 15 is 0 Å². The molecule has 5 rings (SSSR count). The van der Waals surface area contributed by atoms with Gasteiger partial charge in [0.1, 0.15) is 4.32 Å². The number of carbonyl (C=O) groups excluding carboxylic acids is 3. The average Bonchev–Trinajstić information content (AvgIpc) is 3.60. The first-order chi connectivity index (χ1) is 18.4. The molecule has 1 aliphatic rings. The summed E-state index contributed by atoms with van der Waals surface area (Å²) in [4.78, 5) is 46.5. The van der Waals surface area contributed by atoms with Crippen LogP contribution in [0.5, 0.6) is 0 Å². The molecule has 3 heterocycles. The summed E-state index contributed by atoms with van der Waals surface area (Å²) in [5.41, 5.74) is 1.97. The van der Waals surface area contributed by atoms with Gasteiger partial charge in [-0.05, 0) is 47.9 Å². The Morgan fingerprint density at radius 3 is 2.76 bits per heavy atom. The van der Waals surface area contributed by atoms with Crippen LogP contribution in [0.15, 0.2) is 80.6 Å². The normalized spacial score (nSPS) is 14.6. The molecule has 0 atom stereocenters. The zero-order valence-electron chi connectivity index (χ0n) is 19.6. The van der Waals surface area contributed by atoms with E-state index in [1.165, 1.54) is 44.3 Å². The minimum atomic E-state index is -0.232. The van der Waals surface area contributed by atoms with Gasteiger partial charge in [-0.2, -0.15) is 0 Å². The van der Waals surface area contributed by atoms with Gasteiger partial charge in [0.15, 0.2) is 5.16 Å². The predicted octanol–water partition coefficient (Wildman–Crippen LogP) is 6.52. The fraction of sp³-hybridized carbons (Fsp3) is 0.115. The Bertz CT molecular complexity index is 1580. The molecule has 2 amide bonds. The highest BCUT2D eigenvalue weighted by Gasteiger charge is 2.32. The molecule has 1 saturated heterocycles. The van der Waals surface area contributed by atoms with Crippen LogP contribution in [0, 0.1) is 0 Å². The number of carbonyl (C=O) groups is 3. The number of aromatic nitrogens is 2. The van der Waals surface area contributed by atoms with Crippen molar-refractivity contribution < 1.29 is 14.4 Å². The molecule has 12 heteroatoms. The number of imidazole rings is 1. The number of hydrogen-bond acceptors (Lipinski definition) is 8. The highest BCUT2D eigenvalue weighted by Crippen LogP contribution is 2.33. The van der Waals surface area contributed by atoms with Gasteiger partial charge in [-0.25, -0.2) is 4.98 Å². The number of thioether (sulfide) groups is 2. The molecule has 1 aliphatic heterocycles. The molecule has 0 aliphatic carbocycles. The first-order valence-electron chi connectivity index (χ1n) is 11.4. The monoisotopic (exact) mass is 642 g/mol. The third kappa shape index (κ3) is 6.10. The van der Waals surface area contributed by atoms with Gasteiger partial charge in [-0.3, -0.25) is 23.9 Å². The fourth-order valence-corrected chi connectivity index (χ4v) is 7.00. The van der Waals surface area contributed by atoms with Crippen LogP contribution in [0.25, 0.3) is 17.1 Å². The first-order valence-corrected chi connectivity index (χ1v) is 15.2. The molecule has 1 fully saturated rings. The molecule has 2 aromatic carbocycles. The van der Waals surface area contributed by atoms with E-state index in [0.29, 0.717) is 31.1 Å². The Kier molecular flexibility index (Phi) is 8.44. The van der Waals surface area contributed by atoms with Gasteiger partial charge in [0.2, 0.25) is 11.8 Å². The summed E-state index contributed by atoms with van der Waals surface area (Å²) in [6.45, 7) is 0.158. The number of nitrogens with zero attached hydrogens (tertiary/aromatic N) is 3. The Morgan fingerprint density at radius 1 is 1.13 bits per heavy atom. The van der Waals surface area contributed by atoms with E-state index in [0.717, 1.165) is 9.35 Å². The molecular weight excluding hydrogens is 624 g/mol. The highest BCUT2D eigenvalue weighted by atomic mass is 79.9. The molecule has 1 N–H and O–H groups in total. The summed E-state index contributed by atoms with van der Waals surface area (Å²) in [6, 6.07) is 18.5. The van der Waals surface area contributed by atoms with E-state index in [4.69, 9.17) is 12.2 Å². The summed E-state index contributed by atoms with van der Waals surface area (Å²) in [6.07, 6.45) is 1.87. The van der Waals surface area contributed by atoms with Gasteiger partial charge in [0.05, 0.1) is 21.7 Å². The number of rotatable bonds is 8. The van der Waals surface area contributed by atoms with Crippen molar-refractivity contribution in [1.82, 2.24) is 14.5 Å². The Hall–Kier alpha value is -2.77. The van der Waals surface area contributed by atoms with Crippen molar-refractivity contribution in [3.05, 3.63) is 80.3 Å². The largest absolute Gasteiger partial charge is 0.325 e. The molecule has 0 unspecified atom stereocenters. The second-order valence-corrected chi connectivity index (χ2v) is 12.6. The Morgan fingerprint density at radius 2 is 1.97 bits per heavy atom. The maximum atomic E-state index is 13.4. The number of benzene rings is 2. The molecular formula is C26H19BrN4O3S4. The Balaban J connectivity index is 1.28. The first kappa shape index (κ1) is 26.8. The molecule has 2 aromatic heterocycles. The summed E-state index contributed by atoms with van der Waals surface area (Å²) >= 11 is 12.8. The van der Waals surface area contributed by atoms with Crippen molar-refractivity contribution in [2.24, 2.45) is 0 Å². The van der Waals surface area contributed by atoms with Crippen molar-refractivity contribution in [3.63, 3.8) is 0 Å². The van der Waals surface area contributed by atoms with Crippen LogP contribution in [0.2, 0.25) is 0 Å². The van der Waals surface area contributed by atoms with Crippen LogP contribution in [0.3, 0.4) is 0 Å². The van der Waals surface area contributed by atoms with Gasteiger partial charge in [-0.1, -0.05) is 75.9 Å². The van der Waals surface area contributed by atoms with E-state index in [9.17, 15) is 14.4 Å². The van der Waals surface area contributed by atoms with E-state index in [1.807, 2.05) is 66.1 Å². The lowest BCUT2D eigenvalue weighted by Gasteiger charge is -2.14. The lowest BCUT2D eigenvalue weighted by Crippen LogP contribution is -2.31. The van der Waals surface area contributed by atoms with Crippen LogP contribution in [-0.2, 0) is 9.59 Å². The quantitative estimate of drug-likeness (QED) is 0.133. The third-order valence-corrected chi connectivity index (χ3v) is 9.09. The number of nitrogens with one attached hydrogen (secondary N) is 1. The summed E-state index contributed by atoms with van der Waals surface area (Å²) < 4.78 is 2.81. The average molecular weight is 644 g/mol. The Labute approximate surface area is 244 Å². The van der Waals surface area contributed by atoms with Gasteiger partial charge >= 0.3 is 0 Å². The summed E-state index contributed by atoms with van der Waals surface area (Å²) in [5, 5.41) is 5.22. The van der Waals surface area contributed by atoms with Crippen molar-refractivity contribution in [2.75, 3.05) is 17.6 Å². The number of halogens is 1. The van der Waals surface area contributed by atoms with E-state index in [2.05, 4.69) is 26.2 Å². The lowest BCUT2D eigenvalue weighted by molar-refractivity contribution is -0.122. The summed E-state index contributed by atoms with van der Waals surface area (Å²) in [5.74, 6) is -0.569. The van der Waals surface area contributed by atoms with E-state index in [-0.39, 0.29) is 36.4 Å². The molecule has 0 spiro atoms. The smallest absolute Gasteiger partial charge is 0.266 e. The van der Waals surface area contributed by atoms with Gasteiger partial charge in [0.25, 0.3) is 5.91 Å². The van der Waals surface area contributed by atoms with Crippen molar-refractivity contribution in [1.29, 1.82) is 0 Å². The second-order valence-electron chi connectivity index (χ2n) is 8.06. The minimum Gasteiger partial charge on any atom is -0.325 e. The van der Waals surface area contributed by atoms with Crippen LogP contribution in [0.4, 0.5) is 5.69 Å². The van der Waals surface area contributed by atoms with Crippen molar-refractivity contribution >= 4 is 108 Å². The zero-order valence-corrected chi connectivity index (χ0v) is 24.5. The maximum Gasteiger partial charge on any atom is 0.266 e. The zero-order chi connectivity index (χ0) is 26.6. The second kappa shape index (κ2) is 12.0. The molecule has 7 nitrogen and oxygen atoms in total. The predicted molar refractivity (Wildman–Crippen MR) is 163 cm³/mol. The third-order valence-electron chi connectivity index (χ3n) is 5.46. The number of amides is 2. The molecule has 0 saturated carbocycles. The van der Waals surface area contributed by atoms with Crippen molar-refractivity contribution in [3.8, 4) is 0 Å². The standard InChI is InChI=1S/C26H19BrN4O3S4/c27-16-5-3-6-17(13-16)28-22(32)15-37-25-29-19-8-1-2-9-20(19)31(25)23(33)10-11-30-24(34)21(38-26(30)35)14-18-7-4-12-36-18/h1-9,12-14H,10-11,15H2,(H,28,32). The number of fused-ring (bicyclic) bond motifs is 1. The highest BCUT2D eigenvalue weighted by molar-refractivity contribution is 9.10. The number of hydrogen-bond donors (Lipinski definition) is 1. The fourth-order valence-electron chi connectivity index (χ4n) is 3.75. The minimum absolute atomic E-state index is 0.0525. The SMILES string of the molecule is O=C(CSc1nc2ccccc2n1C(=O)CCN1C(=O)C(=Cc2cccs2)SC1=S)Nc1cccc(Br)c1. The molecule has 0 bridgehead atoms. The van der Waals surface area contributed by atoms with E-state index < -0.39 is 0 Å². The van der Waals surface area contributed by atoms with Gasteiger partial charge < -0.3 is 5.32 Å². The molecule has 38 heavy (non-hydrogen) atoms. The van der Waals surface area contributed by atoms with Crippen LogP contribution < -0.4 is 5.32 Å². The number of para-hydroxylation sites is 2. The van der Waals surface area contributed by atoms with Crippen LogP contribution >= 0.6 is 63.0 Å². The van der Waals surface area contributed by atoms with Crippen LogP contribution in [-0.4, -0.2) is 48.8 Å². The maximum absolute atomic E-state index is 13.4. The number of thiocarbonyl (C=S) groups is 1. The lowest BCUT2D eigenvalue weighted by atomic mass is 10.3. The topological polar surface area (TPSA) is 84.3 Å². The molecule has 192 valence electrons. The van der Waals surface area contributed by atoms with Crippen molar-refractivity contribution in [2.45, 2.75) is 11.6 Å². The molecule has 0 radical (unpaired) electrons. The van der Waals surface area contributed by atoms with Crippen LogP contribution in [0.1, 0.15) is 16.1 Å². The van der Waals surface area contributed by atoms with Gasteiger partial charge in [-0.15, -0.1) is 11.3 Å². The molecule has 4 aromatic rings. The van der Waals surface area contributed by atoms with Gasteiger partial charge in [0, 0.05) is 28.0 Å². The summed E-state index contributed by atoms with van der Waals surface area (Å²) in [7, 11) is 0. The van der Waals surface area contributed by atoms with E-state index in [1.54, 1.807) is 6.07 Å².